The predicted molar refractivity (Wildman–Crippen MR) is 97.2 cm³/mol. The van der Waals surface area contributed by atoms with E-state index in [4.69, 9.17) is 4.74 Å². The molecule has 2 nitrogen and oxygen atoms in total. The highest BCUT2D eigenvalue weighted by Crippen LogP contribution is 2.34. The number of rotatable bonds is 5. The fourth-order valence-corrected chi connectivity index (χ4v) is 2.83. The summed E-state index contributed by atoms with van der Waals surface area (Å²) in [5.41, 5.74) is 1.75. The summed E-state index contributed by atoms with van der Waals surface area (Å²) < 4.78 is 49.9. The second-order valence-corrected chi connectivity index (χ2v) is 5.65. The van der Waals surface area contributed by atoms with Gasteiger partial charge in [-0.25, -0.2) is 4.39 Å². The minimum absolute atomic E-state index is 0.0116. The Labute approximate surface area is 149 Å². The molecule has 0 aliphatic carbocycles. The van der Waals surface area contributed by atoms with E-state index in [2.05, 4.69) is 4.74 Å². The molecule has 0 aliphatic heterocycles. The van der Waals surface area contributed by atoms with Crippen LogP contribution in [-0.2, 0) is 0 Å². The molecule has 0 aromatic heterocycles. The van der Waals surface area contributed by atoms with Crippen molar-refractivity contribution in [1.82, 2.24) is 0 Å². The van der Waals surface area contributed by atoms with Crippen LogP contribution >= 0.6 is 0 Å². The Bertz CT molecular complexity index is 948. The van der Waals surface area contributed by atoms with Crippen molar-refractivity contribution in [2.24, 2.45) is 0 Å². The number of ether oxygens (including phenoxy) is 2. The van der Waals surface area contributed by atoms with Crippen LogP contribution in [0.2, 0.25) is 0 Å². The molecular weight excluding hydrogens is 341 g/mol. The van der Waals surface area contributed by atoms with Crippen LogP contribution in [0.4, 0.5) is 13.2 Å². The lowest BCUT2D eigenvalue weighted by Crippen LogP contribution is -2.04. The van der Waals surface area contributed by atoms with Crippen molar-refractivity contribution in [2.45, 2.75) is 13.5 Å². The number of benzene rings is 3. The maximum absolute atomic E-state index is 14.8. The first-order valence-electron chi connectivity index (χ1n) is 8.01. The molecular formula is C21H17F3O2. The number of hydrogen-bond donors (Lipinski definition) is 0. The Morgan fingerprint density at radius 3 is 2.27 bits per heavy atom. The molecule has 0 spiro atoms. The molecule has 0 saturated carbocycles. The van der Waals surface area contributed by atoms with Gasteiger partial charge in [0.1, 0.15) is 17.3 Å². The van der Waals surface area contributed by atoms with Gasteiger partial charge in [0.2, 0.25) is 0 Å². The quantitative estimate of drug-likeness (QED) is 0.534. The van der Waals surface area contributed by atoms with Crippen molar-refractivity contribution < 1.29 is 22.6 Å². The van der Waals surface area contributed by atoms with Gasteiger partial charge >= 0.3 is 6.61 Å². The molecule has 0 amide bonds. The molecule has 0 radical (unpaired) electrons. The number of methoxy groups -OCH3 is 1. The lowest BCUT2D eigenvalue weighted by Gasteiger charge is -2.13. The van der Waals surface area contributed by atoms with E-state index in [0.29, 0.717) is 10.8 Å². The Morgan fingerprint density at radius 1 is 0.962 bits per heavy atom. The van der Waals surface area contributed by atoms with Gasteiger partial charge in [0, 0.05) is 5.39 Å². The summed E-state index contributed by atoms with van der Waals surface area (Å²) in [6, 6.07) is 14.0. The average molecular weight is 358 g/mol. The summed E-state index contributed by atoms with van der Waals surface area (Å²) in [5, 5.41) is 0.830. The fraction of sp³-hybridized carbons (Fsp3) is 0.143. The summed E-state index contributed by atoms with van der Waals surface area (Å²) in [4.78, 5) is 0. The van der Waals surface area contributed by atoms with Crippen molar-refractivity contribution in [3.8, 4) is 22.6 Å². The van der Waals surface area contributed by atoms with Crippen LogP contribution in [0.25, 0.3) is 28.0 Å². The molecule has 3 aromatic rings. The lowest BCUT2D eigenvalue weighted by atomic mass is 9.98. The summed E-state index contributed by atoms with van der Waals surface area (Å²) in [5.74, 6) is -0.0447. The Hall–Kier alpha value is -2.95. The molecule has 0 unspecified atom stereocenters. The van der Waals surface area contributed by atoms with Crippen LogP contribution in [0.3, 0.4) is 0 Å². The van der Waals surface area contributed by atoms with Crippen LogP contribution in [-0.4, -0.2) is 13.7 Å². The molecule has 3 rings (SSSR count). The van der Waals surface area contributed by atoms with Crippen molar-refractivity contribution in [3.05, 3.63) is 66.0 Å². The lowest BCUT2D eigenvalue weighted by molar-refractivity contribution is -0.0500. The molecule has 0 saturated heterocycles. The standard InChI is InChI=1S/C21H17F3O2/c1-3-4-18-19(26-21(23)24)12-15-11-14(7-10-17(15)20(18)22)13-5-8-16(25-2)9-6-13/h3-12,21H,1-2H3/b4-3+. The zero-order valence-electron chi connectivity index (χ0n) is 14.3. The van der Waals surface area contributed by atoms with Crippen LogP contribution in [0.1, 0.15) is 12.5 Å². The smallest absolute Gasteiger partial charge is 0.387 e. The summed E-state index contributed by atoms with van der Waals surface area (Å²) >= 11 is 0. The van der Waals surface area contributed by atoms with E-state index < -0.39 is 12.4 Å². The SMILES string of the molecule is C/C=C/c1c(OC(F)F)cc2cc(-c3ccc(OC)cc3)ccc2c1F. The van der Waals surface area contributed by atoms with Gasteiger partial charge in [-0.05, 0) is 47.7 Å². The van der Waals surface area contributed by atoms with Crippen LogP contribution in [0.15, 0.2) is 54.6 Å². The first kappa shape index (κ1) is 17.9. The molecule has 0 N–H and O–H groups in total. The highest BCUT2D eigenvalue weighted by Gasteiger charge is 2.16. The van der Waals surface area contributed by atoms with E-state index in [0.717, 1.165) is 16.9 Å². The molecule has 26 heavy (non-hydrogen) atoms. The number of allylic oxidation sites excluding steroid dienone is 1. The third-order valence-electron chi connectivity index (χ3n) is 4.05. The highest BCUT2D eigenvalue weighted by molar-refractivity contribution is 5.91. The Kier molecular flexibility index (Phi) is 5.16. The molecule has 0 atom stereocenters. The first-order chi connectivity index (χ1) is 12.5. The number of alkyl halides is 2. The molecule has 0 heterocycles. The van der Waals surface area contributed by atoms with E-state index in [1.165, 1.54) is 12.1 Å². The number of halogens is 3. The van der Waals surface area contributed by atoms with Gasteiger partial charge in [-0.2, -0.15) is 8.78 Å². The third kappa shape index (κ3) is 3.52. The Morgan fingerprint density at radius 2 is 1.65 bits per heavy atom. The summed E-state index contributed by atoms with van der Waals surface area (Å²) in [7, 11) is 1.58. The molecule has 0 fully saturated rings. The zero-order valence-corrected chi connectivity index (χ0v) is 14.3. The second kappa shape index (κ2) is 7.52. The van der Waals surface area contributed by atoms with Crippen LogP contribution in [0.5, 0.6) is 11.5 Å². The normalized spacial score (nSPS) is 11.5. The van der Waals surface area contributed by atoms with Gasteiger partial charge in [-0.3, -0.25) is 0 Å². The van der Waals surface area contributed by atoms with Crippen LogP contribution in [0, 0.1) is 5.82 Å². The van der Waals surface area contributed by atoms with Crippen molar-refractivity contribution in [3.63, 3.8) is 0 Å². The molecule has 3 aromatic carbocycles. The van der Waals surface area contributed by atoms with Gasteiger partial charge in [-0.1, -0.05) is 36.4 Å². The van der Waals surface area contributed by atoms with Crippen LogP contribution < -0.4 is 9.47 Å². The van der Waals surface area contributed by atoms with E-state index in [9.17, 15) is 13.2 Å². The summed E-state index contributed by atoms with van der Waals surface area (Å²) in [6.45, 7) is -1.34. The first-order valence-corrected chi connectivity index (χ1v) is 8.01. The fourth-order valence-electron chi connectivity index (χ4n) is 2.83. The van der Waals surface area contributed by atoms with Gasteiger partial charge in [-0.15, -0.1) is 0 Å². The number of hydrogen-bond acceptors (Lipinski definition) is 2. The largest absolute Gasteiger partial charge is 0.497 e. The second-order valence-electron chi connectivity index (χ2n) is 5.65. The highest BCUT2D eigenvalue weighted by atomic mass is 19.3. The molecule has 134 valence electrons. The molecule has 0 aliphatic rings. The van der Waals surface area contributed by atoms with E-state index in [1.807, 2.05) is 24.3 Å². The average Bonchev–Trinajstić information content (AvgIpc) is 2.64. The zero-order chi connectivity index (χ0) is 18.7. The van der Waals surface area contributed by atoms with Gasteiger partial charge in [0.05, 0.1) is 12.7 Å². The van der Waals surface area contributed by atoms with Crippen molar-refractivity contribution in [2.75, 3.05) is 7.11 Å². The molecule has 5 heteroatoms. The molecule has 0 bridgehead atoms. The third-order valence-corrected chi connectivity index (χ3v) is 4.05. The summed E-state index contributed by atoms with van der Waals surface area (Å²) in [6.07, 6.45) is 3.00. The van der Waals surface area contributed by atoms with E-state index in [1.54, 1.807) is 38.3 Å². The minimum atomic E-state index is -3.03. The van der Waals surface area contributed by atoms with Gasteiger partial charge in [0.25, 0.3) is 0 Å². The van der Waals surface area contributed by atoms with E-state index in [-0.39, 0.29) is 11.3 Å². The Balaban J connectivity index is 2.14. The van der Waals surface area contributed by atoms with Crippen molar-refractivity contribution >= 4 is 16.8 Å². The predicted octanol–water partition coefficient (Wildman–Crippen LogP) is 6.29. The van der Waals surface area contributed by atoms with E-state index >= 15 is 0 Å². The monoisotopic (exact) mass is 358 g/mol. The van der Waals surface area contributed by atoms with Gasteiger partial charge in [0.15, 0.2) is 0 Å². The van der Waals surface area contributed by atoms with Gasteiger partial charge < -0.3 is 9.47 Å². The maximum Gasteiger partial charge on any atom is 0.387 e. The maximum atomic E-state index is 14.8. The minimum Gasteiger partial charge on any atom is -0.497 e. The number of fused-ring (bicyclic) bond motifs is 1. The van der Waals surface area contributed by atoms with Crippen molar-refractivity contribution in [1.29, 1.82) is 0 Å². The topological polar surface area (TPSA) is 18.5 Å².